The average Bonchev–Trinajstić information content (AvgIpc) is 3.20. The van der Waals surface area contributed by atoms with Crippen LogP contribution in [0.25, 0.3) is 22.6 Å². The summed E-state index contributed by atoms with van der Waals surface area (Å²) in [7, 11) is 1.68. The largest absolute Gasteiger partial charge is 0.434 e. The van der Waals surface area contributed by atoms with E-state index in [4.69, 9.17) is 9.47 Å². The van der Waals surface area contributed by atoms with Crippen molar-refractivity contribution in [3.8, 4) is 17.0 Å². The highest BCUT2D eigenvalue weighted by Crippen LogP contribution is 2.35. The van der Waals surface area contributed by atoms with Crippen molar-refractivity contribution in [1.82, 2.24) is 19.9 Å². The number of imidazole rings is 1. The monoisotopic (exact) mass is 458 g/mol. The second-order valence-electron chi connectivity index (χ2n) is 8.48. The third kappa shape index (κ3) is 5.16. The minimum Gasteiger partial charge on any atom is -0.434 e. The van der Waals surface area contributed by atoms with Crippen LogP contribution in [0.5, 0.6) is 5.75 Å². The molecule has 1 saturated heterocycles. The Morgan fingerprint density at radius 1 is 1.24 bits per heavy atom. The molecule has 33 heavy (non-hydrogen) atoms. The summed E-state index contributed by atoms with van der Waals surface area (Å²) in [4.78, 5) is 4.46. The number of nitrogens with one attached hydrogen (secondary N) is 1. The lowest BCUT2D eigenvalue weighted by molar-refractivity contribution is -0.0502. The van der Waals surface area contributed by atoms with E-state index in [2.05, 4.69) is 42.7 Å². The van der Waals surface area contributed by atoms with Gasteiger partial charge in [-0.25, -0.2) is 9.50 Å². The standard InChI is InChI=1S/C21H22F2N4O2.C4H10/c1-12-5-14(6-17(29-20(22)23)19(12)13(2)24-4)16-9-25-18-7-15(8-26-27(16)18)21(3)10-28-11-21;1-3-4-2/h5-9,20,24H,2,10-11H2,1,3-4H3;3-4H2,1-2H3. The summed E-state index contributed by atoms with van der Waals surface area (Å²) >= 11 is 0. The second kappa shape index (κ2) is 10.3. The molecule has 6 nitrogen and oxygen atoms in total. The molecular formula is C25H32F2N4O2. The molecular weight excluding hydrogens is 426 g/mol. The molecule has 8 heteroatoms. The molecule has 178 valence electrons. The number of alkyl halides is 2. The fourth-order valence-electron chi connectivity index (χ4n) is 3.58. The Bertz CT molecular complexity index is 1120. The van der Waals surface area contributed by atoms with Crippen molar-refractivity contribution in [3.05, 3.63) is 53.9 Å². The first-order chi connectivity index (χ1) is 15.7. The number of hydrogen-bond donors (Lipinski definition) is 1. The van der Waals surface area contributed by atoms with Gasteiger partial charge in [-0.05, 0) is 36.2 Å². The van der Waals surface area contributed by atoms with Gasteiger partial charge in [-0.3, -0.25) is 0 Å². The van der Waals surface area contributed by atoms with Gasteiger partial charge in [0, 0.05) is 29.3 Å². The number of nitrogens with zero attached hydrogens (tertiary/aromatic N) is 3. The maximum atomic E-state index is 13.0. The quantitative estimate of drug-likeness (QED) is 0.500. The van der Waals surface area contributed by atoms with E-state index in [1.54, 1.807) is 30.0 Å². The van der Waals surface area contributed by atoms with Crippen LogP contribution < -0.4 is 10.1 Å². The van der Waals surface area contributed by atoms with Crippen LogP contribution in [0.1, 0.15) is 50.3 Å². The molecule has 0 aliphatic carbocycles. The second-order valence-corrected chi connectivity index (χ2v) is 8.48. The van der Waals surface area contributed by atoms with Gasteiger partial charge in [0.2, 0.25) is 0 Å². The maximum absolute atomic E-state index is 13.0. The van der Waals surface area contributed by atoms with Gasteiger partial charge in [0.25, 0.3) is 0 Å². The summed E-state index contributed by atoms with van der Waals surface area (Å²) in [5.74, 6) is 0.0556. The zero-order chi connectivity index (χ0) is 24.2. The molecule has 1 fully saturated rings. The first-order valence-corrected chi connectivity index (χ1v) is 11.1. The van der Waals surface area contributed by atoms with Crippen LogP contribution in [0.4, 0.5) is 8.78 Å². The third-order valence-corrected chi connectivity index (χ3v) is 5.81. The molecule has 0 unspecified atom stereocenters. The number of aryl methyl sites for hydroxylation is 1. The molecule has 3 aromatic rings. The Labute approximate surface area is 193 Å². The van der Waals surface area contributed by atoms with E-state index in [1.165, 1.54) is 12.8 Å². The van der Waals surface area contributed by atoms with Gasteiger partial charge in [0.05, 0.1) is 31.3 Å². The van der Waals surface area contributed by atoms with Crippen LogP contribution in [-0.4, -0.2) is 41.5 Å². The molecule has 3 heterocycles. The molecule has 4 rings (SSSR count). The lowest BCUT2D eigenvalue weighted by Crippen LogP contribution is -2.44. The smallest absolute Gasteiger partial charge is 0.387 e. The lowest BCUT2D eigenvalue weighted by Gasteiger charge is -2.38. The number of fused-ring (bicyclic) bond motifs is 1. The van der Waals surface area contributed by atoms with E-state index in [0.717, 1.165) is 11.1 Å². The van der Waals surface area contributed by atoms with Crippen molar-refractivity contribution in [2.24, 2.45) is 0 Å². The first kappa shape index (κ1) is 24.6. The SMILES string of the molecule is C=C(NC)c1c(C)cc(-c2cnc3cc(C4(C)COC4)cnn23)cc1OC(F)F.CCCC. The highest BCUT2D eigenvalue weighted by molar-refractivity contribution is 5.76. The number of rotatable bonds is 7. The Morgan fingerprint density at radius 3 is 2.48 bits per heavy atom. The normalized spacial score (nSPS) is 14.4. The van der Waals surface area contributed by atoms with Crippen LogP contribution in [0.15, 0.2) is 37.2 Å². The zero-order valence-electron chi connectivity index (χ0n) is 19.9. The van der Waals surface area contributed by atoms with Crippen molar-refractivity contribution in [2.75, 3.05) is 20.3 Å². The van der Waals surface area contributed by atoms with E-state index in [0.29, 0.717) is 41.4 Å². The van der Waals surface area contributed by atoms with Crippen molar-refractivity contribution in [3.63, 3.8) is 0 Å². The minimum atomic E-state index is -2.94. The average molecular weight is 459 g/mol. The predicted octanol–water partition coefficient (Wildman–Crippen LogP) is 5.59. The molecule has 1 N–H and O–H groups in total. The van der Waals surface area contributed by atoms with Crippen LogP contribution in [-0.2, 0) is 10.2 Å². The number of aromatic nitrogens is 3. The van der Waals surface area contributed by atoms with Crippen LogP contribution in [0.2, 0.25) is 0 Å². The van der Waals surface area contributed by atoms with E-state index in [1.807, 2.05) is 19.1 Å². The molecule has 0 spiro atoms. The maximum Gasteiger partial charge on any atom is 0.387 e. The molecule has 1 aliphatic rings. The van der Waals surface area contributed by atoms with Gasteiger partial charge in [0.1, 0.15) is 5.75 Å². The Balaban J connectivity index is 0.000000709. The summed E-state index contributed by atoms with van der Waals surface area (Å²) < 4.78 is 37.8. The Kier molecular flexibility index (Phi) is 7.68. The van der Waals surface area contributed by atoms with Crippen molar-refractivity contribution >= 4 is 11.3 Å². The topological polar surface area (TPSA) is 60.7 Å². The highest BCUT2D eigenvalue weighted by atomic mass is 19.3. The van der Waals surface area contributed by atoms with Gasteiger partial charge < -0.3 is 14.8 Å². The molecule has 0 bridgehead atoms. The first-order valence-electron chi connectivity index (χ1n) is 11.1. The van der Waals surface area contributed by atoms with Crippen molar-refractivity contribution in [1.29, 1.82) is 0 Å². The van der Waals surface area contributed by atoms with E-state index in [-0.39, 0.29) is 11.2 Å². The lowest BCUT2D eigenvalue weighted by atomic mass is 9.82. The number of unbranched alkanes of at least 4 members (excludes halogenated alkanes) is 1. The number of ether oxygens (including phenoxy) is 2. The Hall–Kier alpha value is -3.00. The van der Waals surface area contributed by atoms with Crippen LogP contribution in [0, 0.1) is 6.92 Å². The molecule has 1 aliphatic heterocycles. The molecule has 2 aromatic heterocycles. The van der Waals surface area contributed by atoms with Gasteiger partial charge >= 0.3 is 6.61 Å². The molecule has 0 atom stereocenters. The van der Waals surface area contributed by atoms with Crippen LogP contribution >= 0.6 is 0 Å². The fourth-order valence-corrected chi connectivity index (χ4v) is 3.58. The van der Waals surface area contributed by atoms with Gasteiger partial charge in [-0.2, -0.15) is 13.9 Å². The molecule has 0 radical (unpaired) electrons. The van der Waals surface area contributed by atoms with E-state index in [9.17, 15) is 8.78 Å². The van der Waals surface area contributed by atoms with Gasteiger partial charge in [-0.15, -0.1) is 0 Å². The zero-order valence-corrected chi connectivity index (χ0v) is 19.9. The van der Waals surface area contributed by atoms with Crippen molar-refractivity contribution in [2.45, 2.75) is 52.6 Å². The number of hydrogen-bond acceptors (Lipinski definition) is 5. The molecule has 0 amide bonds. The summed E-state index contributed by atoms with van der Waals surface area (Å²) in [6.45, 7) is 10.6. The summed E-state index contributed by atoms with van der Waals surface area (Å²) in [5, 5.41) is 7.43. The summed E-state index contributed by atoms with van der Waals surface area (Å²) in [6.07, 6.45) is 6.13. The van der Waals surface area contributed by atoms with Gasteiger partial charge in [0.15, 0.2) is 5.65 Å². The minimum absolute atomic E-state index is 0.0507. The Morgan fingerprint density at radius 2 is 1.94 bits per heavy atom. The molecule has 1 aromatic carbocycles. The number of halogens is 2. The summed E-state index contributed by atoms with van der Waals surface area (Å²) in [5.41, 5.74) is 4.82. The predicted molar refractivity (Wildman–Crippen MR) is 127 cm³/mol. The summed E-state index contributed by atoms with van der Waals surface area (Å²) in [6, 6.07) is 5.44. The highest BCUT2D eigenvalue weighted by Gasteiger charge is 2.36. The van der Waals surface area contributed by atoms with Gasteiger partial charge in [-0.1, -0.05) is 40.2 Å². The van der Waals surface area contributed by atoms with E-state index < -0.39 is 6.61 Å². The van der Waals surface area contributed by atoms with Crippen molar-refractivity contribution < 1.29 is 18.3 Å². The third-order valence-electron chi connectivity index (χ3n) is 5.81. The fraction of sp³-hybridized carbons (Fsp3) is 0.440. The van der Waals surface area contributed by atoms with E-state index >= 15 is 0 Å². The van der Waals surface area contributed by atoms with Crippen LogP contribution in [0.3, 0.4) is 0 Å². The molecule has 0 saturated carbocycles. The number of benzene rings is 1.